The zero-order valence-electron chi connectivity index (χ0n) is 16.4. The number of amides is 1. The van der Waals surface area contributed by atoms with E-state index < -0.39 is 15.9 Å². The maximum atomic E-state index is 12.4. The number of hydrogen-bond acceptors (Lipinski definition) is 5. The fourth-order valence-corrected chi connectivity index (χ4v) is 4.96. The van der Waals surface area contributed by atoms with Crippen LogP contribution in [-0.2, 0) is 25.6 Å². The SMILES string of the molecule is CC(C)(C)c1cc(/C=C2\SCN(S(C)(=O)=O)C2=O)cc(C(C)(C)C)c1O. The summed E-state index contributed by atoms with van der Waals surface area (Å²) in [5.41, 5.74) is 1.83. The van der Waals surface area contributed by atoms with Crippen LogP contribution in [0.25, 0.3) is 6.08 Å². The van der Waals surface area contributed by atoms with Crippen molar-refractivity contribution >= 4 is 33.8 Å². The number of sulfonamides is 1. The minimum absolute atomic E-state index is 0.0971. The molecule has 26 heavy (non-hydrogen) atoms. The molecule has 1 aliphatic heterocycles. The molecule has 2 rings (SSSR count). The van der Waals surface area contributed by atoms with Gasteiger partial charge in [-0.15, -0.1) is 0 Å². The minimum atomic E-state index is -3.56. The Morgan fingerprint density at radius 3 is 1.88 bits per heavy atom. The van der Waals surface area contributed by atoms with Crippen molar-refractivity contribution in [2.45, 2.75) is 52.4 Å². The van der Waals surface area contributed by atoms with E-state index >= 15 is 0 Å². The molecule has 0 atom stereocenters. The third-order valence-corrected chi connectivity index (χ3v) is 6.47. The van der Waals surface area contributed by atoms with Crippen LogP contribution in [0.15, 0.2) is 17.0 Å². The zero-order chi connectivity index (χ0) is 20.1. The highest BCUT2D eigenvalue weighted by molar-refractivity contribution is 8.05. The molecule has 1 amide bonds. The van der Waals surface area contributed by atoms with Crippen molar-refractivity contribution in [2.24, 2.45) is 0 Å². The number of aromatic hydroxyl groups is 1. The summed E-state index contributed by atoms with van der Waals surface area (Å²) in [6.07, 6.45) is 2.74. The van der Waals surface area contributed by atoms with E-state index in [1.54, 1.807) is 6.08 Å². The van der Waals surface area contributed by atoms with Gasteiger partial charge in [0, 0.05) is 11.1 Å². The fraction of sp³-hybridized carbons (Fsp3) is 0.526. The number of phenolic OH excluding ortho intramolecular Hbond substituents is 1. The van der Waals surface area contributed by atoms with Crippen LogP contribution < -0.4 is 0 Å². The Kier molecular flexibility index (Phi) is 5.29. The predicted octanol–water partition coefficient (Wildman–Crippen LogP) is 3.82. The lowest BCUT2D eigenvalue weighted by Crippen LogP contribution is -2.30. The summed E-state index contributed by atoms with van der Waals surface area (Å²) in [7, 11) is -3.56. The van der Waals surface area contributed by atoms with Crippen molar-refractivity contribution < 1.29 is 18.3 Å². The first-order valence-electron chi connectivity index (χ1n) is 8.37. The molecule has 0 unspecified atom stereocenters. The lowest BCUT2D eigenvalue weighted by atomic mass is 9.78. The van der Waals surface area contributed by atoms with Crippen LogP contribution in [0.3, 0.4) is 0 Å². The zero-order valence-corrected chi connectivity index (χ0v) is 18.0. The van der Waals surface area contributed by atoms with Gasteiger partial charge in [0.05, 0.1) is 17.0 Å². The maximum Gasteiger partial charge on any atom is 0.274 e. The maximum absolute atomic E-state index is 12.4. The molecule has 1 N–H and O–H groups in total. The largest absolute Gasteiger partial charge is 0.507 e. The summed E-state index contributed by atoms with van der Waals surface area (Å²) >= 11 is 1.21. The van der Waals surface area contributed by atoms with Gasteiger partial charge in [0.2, 0.25) is 10.0 Å². The Bertz CT molecular complexity index is 837. The van der Waals surface area contributed by atoms with E-state index in [0.29, 0.717) is 4.91 Å². The normalized spacial score (nSPS) is 18.0. The third-order valence-electron chi connectivity index (χ3n) is 4.22. The summed E-state index contributed by atoms with van der Waals surface area (Å²) in [5.74, 6) is -0.129. The van der Waals surface area contributed by atoms with E-state index in [1.165, 1.54) is 11.8 Å². The molecule has 1 fully saturated rings. The molecule has 0 bridgehead atoms. The second-order valence-electron chi connectivity index (χ2n) is 8.66. The fourth-order valence-electron chi connectivity index (χ4n) is 2.76. The first kappa shape index (κ1) is 20.8. The highest BCUT2D eigenvalue weighted by atomic mass is 32.2. The van der Waals surface area contributed by atoms with Crippen LogP contribution in [0.5, 0.6) is 5.75 Å². The van der Waals surface area contributed by atoms with Crippen LogP contribution in [0.1, 0.15) is 58.2 Å². The number of benzene rings is 1. The summed E-state index contributed by atoms with van der Waals surface area (Å²) in [6.45, 7) is 12.1. The molecule has 0 saturated carbocycles. The van der Waals surface area contributed by atoms with Gasteiger partial charge < -0.3 is 5.11 Å². The van der Waals surface area contributed by atoms with Crippen LogP contribution in [0.4, 0.5) is 0 Å². The van der Waals surface area contributed by atoms with Gasteiger partial charge >= 0.3 is 0 Å². The van der Waals surface area contributed by atoms with Crippen LogP contribution >= 0.6 is 11.8 Å². The number of rotatable bonds is 2. The first-order valence-corrected chi connectivity index (χ1v) is 11.2. The Labute approximate surface area is 160 Å². The molecule has 1 aromatic rings. The van der Waals surface area contributed by atoms with E-state index in [-0.39, 0.29) is 22.5 Å². The van der Waals surface area contributed by atoms with Crippen molar-refractivity contribution in [1.82, 2.24) is 4.31 Å². The molecule has 1 aliphatic rings. The monoisotopic (exact) mass is 397 g/mol. The van der Waals surface area contributed by atoms with Gasteiger partial charge in [-0.2, -0.15) is 0 Å². The second kappa shape index (κ2) is 6.60. The van der Waals surface area contributed by atoms with Crippen molar-refractivity contribution in [3.05, 3.63) is 33.7 Å². The molecule has 144 valence electrons. The van der Waals surface area contributed by atoms with Gasteiger partial charge in [0.25, 0.3) is 5.91 Å². The van der Waals surface area contributed by atoms with Crippen molar-refractivity contribution in [3.63, 3.8) is 0 Å². The minimum Gasteiger partial charge on any atom is -0.507 e. The van der Waals surface area contributed by atoms with Crippen molar-refractivity contribution in [3.8, 4) is 5.75 Å². The molecule has 0 radical (unpaired) electrons. The van der Waals surface area contributed by atoms with Gasteiger partial charge in [-0.1, -0.05) is 53.3 Å². The van der Waals surface area contributed by atoms with Gasteiger partial charge in [0.15, 0.2) is 0 Å². The highest BCUT2D eigenvalue weighted by Crippen LogP contribution is 2.41. The van der Waals surface area contributed by atoms with E-state index in [1.807, 2.05) is 53.7 Å². The molecule has 1 saturated heterocycles. The summed E-state index contributed by atoms with van der Waals surface area (Å²) < 4.78 is 24.3. The molecule has 7 heteroatoms. The standard InChI is InChI=1S/C19H27NO4S2/c1-18(2,3)13-8-12(9-14(16(13)21)19(4,5)6)10-15-17(22)20(11-25-15)26(7,23)24/h8-10,21H,11H2,1-7H3/b15-10-. The number of carbonyl (C=O) groups is 1. The van der Waals surface area contributed by atoms with Gasteiger partial charge in [0.1, 0.15) is 5.75 Å². The molecule has 0 aliphatic carbocycles. The molecule has 1 aromatic carbocycles. The Morgan fingerprint density at radius 1 is 1.08 bits per heavy atom. The highest BCUT2D eigenvalue weighted by Gasteiger charge is 2.33. The number of carbonyl (C=O) groups excluding carboxylic acids is 1. The number of nitrogens with zero attached hydrogens (tertiary/aromatic N) is 1. The summed E-state index contributed by atoms with van der Waals surface area (Å²) in [4.78, 5) is 12.8. The molecule has 1 heterocycles. The van der Waals surface area contributed by atoms with Crippen LogP contribution in [0, 0.1) is 0 Å². The summed E-state index contributed by atoms with van der Waals surface area (Å²) in [5, 5.41) is 10.8. The molecule has 0 spiro atoms. The van der Waals surface area contributed by atoms with Gasteiger partial charge in [-0.3, -0.25) is 4.79 Å². The Hall–Kier alpha value is -1.47. The average Bonchev–Trinajstić information content (AvgIpc) is 2.79. The first-order chi connectivity index (χ1) is 11.6. The van der Waals surface area contributed by atoms with E-state index in [4.69, 9.17) is 0 Å². The lowest BCUT2D eigenvalue weighted by Gasteiger charge is -2.28. The smallest absolute Gasteiger partial charge is 0.274 e. The third kappa shape index (κ3) is 4.26. The molecule has 0 aromatic heterocycles. The Balaban J connectivity index is 2.59. The van der Waals surface area contributed by atoms with E-state index in [9.17, 15) is 18.3 Å². The topological polar surface area (TPSA) is 74.7 Å². The van der Waals surface area contributed by atoms with Crippen molar-refractivity contribution in [1.29, 1.82) is 0 Å². The number of hydrogen-bond donors (Lipinski definition) is 1. The molecular weight excluding hydrogens is 370 g/mol. The quantitative estimate of drug-likeness (QED) is 0.768. The predicted molar refractivity (Wildman–Crippen MR) is 108 cm³/mol. The van der Waals surface area contributed by atoms with Crippen molar-refractivity contribution in [2.75, 3.05) is 12.1 Å². The van der Waals surface area contributed by atoms with Crippen LogP contribution in [0.2, 0.25) is 0 Å². The van der Waals surface area contributed by atoms with Gasteiger partial charge in [-0.05, 0) is 34.6 Å². The Morgan fingerprint density at radius 2 is 1.54 bits per heavy atom. The van der Waals surface area contributed by atoms with Gasteiger partial charge in [-0.25, -0.2) is 12.7 Å². The molecule has 5 nitrogen and oxygen atoms in total. The van der Waals surface area contributed by atoms with E-state index in [2.05, 4.69) is 0 Å². The van der Waals surface area contributed by atoms with E-state index in [0.717, 1.165) is 27.3 Å². The summed E-state index contributed by atoms with van der Waals surface area (Å²) in [6, 6.07) is 3.74. The number of thioether (sulfide) groups is 1. The van der Waals surface area contributed by atoms with Crippen LogP contribution in [-0.4, -0.2) is 35.9 Å². The second-order valence-corrected chi connectivity index (χ2v) is 11.6. The number of phenols is 1. The average molecular weight is 398 g/mol. The lowest BCUT2D eigenvalue weighted by molar-refractivity contribution is -0.120. The molecular formula is C19H27NO4S2.